The van der Waals surface area contributed by atoms with Crippen molar-refractivity contribution in [1.82, 2.24) is 0 Å². The van der Waals surface area contributed by atoms with Crippen molar-refractivity contribution in [2.45, 2.75) is 51.0 Å². The van der Waals surface area contributed by atoms with Gasteiger partial charge in [0.25, 0.3) is 0 Å². The summed E-state index contributed by atoms with van der Waals surface area (Å²) in [5, 5.41) is 5.08. The number of rotatable bonds is 2. The van der Waals surface area contributed by atoms with Gasteiger partial charge in [-0.2, -0.15) is 0 Å². The number of hydrogen-bond acceptors (Lipinski definition) is 1. The molecule has 3 heteroatoms. The molecule has 0 amide bonds. The molecule has 1 aromatic carbocycles. The summed E-state index contributed by atoms with van der Waals surface area (Å²) >= 11 is 12.5. The predicted octanol–water partition coefficient (Wildman–Crippen LogP) is 5.52. The van der Waals surface area contributed by atoms with Gasteiger partial charge >= 0.3 is 0 Å². The van der Waals surface area contributed by atoms with Gasteiger partial charge in [0.05, 0.1) is 15.7 Å². The summed E-state index contributed by atoms with van der Waals surface area (Å²) in [6.07, 6.45) is 9.53. The Balaban J connectivity index is 1.77. The number of halogens is 2. The van der Waals surface area contributed by atoms with E-state index in [9.17, 15) is 0 Å². The summed E-state index contributed by atoms with van der Waals surface area (Å²) in [4.78, 5) is 0. The van der Waals surface area contributed by atoms with Gasteiger partial charge in [-0.05, 0) is 43.2 Å². The van der Waals surface area contributed by atoms with E-state index in [1.807, 2.05) is 18.2 Å². The van der Waals surface area contributed by atoms with E-state index in [1.165, 1.54) is 44.9 Å². The zero-order valence-corrected chi connectivity index (χ0v) is 12.0. The van der Waals surface area contributed by atoms with Crippen molar-refractivity contribution in [3.05, 3.63) is 28.2 Å². The largest absolute Gasteiger partial charge is 0.379 e. The SMILES string of the molecule is Clc1cccc(Cl)c1NC1CCC12CCCCC2. The van der Waals surface area contributed by atoms with Crippen LogP contribution in [0.25, 0.3) is 0 Å². The zero-order chi connectivity index (χ0) is 12.6. The Bertz CT molecular complexity index is 418. The normalized spacial score (nSPS) is 25.8. The Morgan fingerprint density at radius 3 is 2.22 bits per heavy atom. The number of para-hydroxylation sites is 1. The molecule has 0 aromatic heterocycles. The maximum Gasteiger partial charge on any atom is 0.0721 e. The third-order valence-electron chi connectivity index (χ3n) is 4.80. The molecule has 1 aromatic rings. The van der Waals surface area contributed by atoms with E-state index >= 15 is 0 Å². The van der Waals surface area contributed by atoms with E-state index < -0.39 is 0 Å². The summed E-state index contributed by atoms with van der Waals surface area (Å²) in [5.74, 6) is 0. The van der Waals surface area contributed by atoms with Crippen LogP contribution in [0.4, 0.5) is 5.69 Å². The fourth-order valence-corrected chi connectivity index (χ4v) is 4.09. The number of anilines is 1. The van der Waals surface area contributed by atoms with E-state index in [2.05, 4.69) is 5.32 Å². The van der Waals surface area contributed by atoms with Crippen LogP contribution in [0.1, 0.15) is 44.9 Å². The van der Waals surface area contributed by atoms with Crippen LogP contribution in [0.3, 0.4) is 0 Å². The molecule has 0 saturated heterocycles. The van der Waals surface area contributed by atoms with Crippen molar-refractivity contribution in [2.24, 2.45) is 5.41 Å². The minimum atomic E-state index is 0.529. The molecule has 1 unspecified atom stereocenters. The van der Waals surface area contributed by atoms with E-state index in [0.717, 1.165) is 15.7 Å². The average molecular weight is 284 g/mol. The second-order valence-electron chi connectivity index (χ2n) is 5.76. The first-order valence-corrected chi connectivity index (χ1v) is 7.67. The summed E-state index contributed by atoms with van der Waals surface area (Å²) in [6.45, 7) is 0. The highest BCUT2D eigenvalue weighted by molar-refractivity contribution is 6.39. The minimum Gasteiger partial charge on any atom is -0.379 e. The molecule has 0 heterocycles. The number of benzene rings is 1. The van der Waals surface area contributed by atoms with Crippen molar-refractivity contribution in [2.75, 3.05) is 5.32 Å². The molecule has 1 atom stereocenters. The van der Waals surface area contributed by atoms with Crippen LogP contribution in [0.15, 0.2) is 18.2 Å². The monoisotopic (exact) mass is 283 g/mol. The quantitative estimate of drug-likeness (QED) is 0.754. The van der Waals surface area contributed by atoms with Gasteiger partial charge < -0.3 is 5.32 Å². The van der Waals surface area contributed by atoms with Crippen LogP contribution in [0.5, 0.6) is 0 Å². The molecule has 3 rings (SSSR count). The molecular weight excluding hydrogens is 265 g/mol. The zero-order valence-electron chi connectivity index (χ0n) is 10.5. The molecule has 2 fully saturated rings. The van der Waals surface area contributed by atoms with Crippen molar-refractivity contribution < 1.29 is 0 Å². The highest BCUT2D eigenvalue weighted by Crippen LogP contribution is 2.53. The average Bonchev–Trinajstić information content (AvgIpc) is 2.38. The molecule has 0 bridgehead atoms. The Hall–Kier alpha value is -0.400. The smallest absolute Gasteiger partial charge is 0.0721 e. The third kappa shape index (κ3) is 2.12. The molecule has 2 aliphatic rings. The van der Waals surface area contributed by atoms with Gasteiger partial charge in [-0.15, -0.1) is 0 Å². The highest BCUT2D eigenvalue weighted by atomic mass is 35.5. The topological polar surface area (TPSA) is 12.0 Å². The van der Waals surface area contributed by atoms with Crippen LogP contribution in [0, 0.1) is 5.41 Å². The summed E-state index contributed by atoms with van der Waals surface area (Å²) in [5.41, 5.74) is 1.45. The molecular formula is C15H19Cl2N. The Morgan fingerprint density at radius 1 is 1.00 bits per heavy atom. The van der Waals surface area contributed by atoms with Crippen LogP contribution < -0.4 is 5.32 Å². The second-order valence-corrected chi connectivity index (χ2v) is 6.57. The maximum absolute atomic E-state index is 6.24. The van der Waals surface area contributed by atoms with Gasteiger partial charge in [-0.25, -0.2) is 0 Å². The molecule has 0 aliphatic heterocycles. The maximum atomic E-state index is 6.24. The van der Waals surface area contributed by atoms with Crippen LogP contribution in [0.2, 0.25) is 10.0 Å². The Morgan fingerprint density at radius 2 is 1.67 bits per heavy atom. The van der Waals surface area contributed by atoms with Crippen LogP contribution >= 0.6 is 23.2 Å². The molecule has 0 radical (unpaired) electrons. The molecule has 1 spiro atoms. The fraction of sp³-hybridized carbons (Fsp3) is 0.600. The molecule has 18 heavy (non-hydrogen) atoms. The molecule has 1 nitrogen and oxygen atoms in total. The third-order valence-corrected chi connectivity index (χ3v) is 5.43. The van der Waals surface area contributed by atoms with Crippen molar-refractivity contribution in [3.63, 3.8) is 0 Å². The van der Waals surface area contributed by atoms with Crippen molar-refractivity contribution in [3.8, 4) is 0 Å². The summed E-state index contributed by atoms with van der Waals surface area (Å²) in [6, 6.07) is 6.27. The first kappa shape index (κ1) is 12.6. The van der Waals surface area contributed by atoms with Gasteiger partial charge in [0.2, 0.25) is 0 Å². The van der Waals surface area contributed by atoms with E-state index in [0.29, 0.717) is 11.5 Å². The molecule has 1 N–H and O–H groups in total. The minimum absolute atomic E-state index is 0.529. The van der Waals surface area contributed by atoms with E-state index in [4.69, 9.17) is 23.2 Å². The lowest BCUT2D eigenvalue weighted by Crippen LogP contribution is -2.50. The summed E-state index contributed by atoms with van der Waals surface area (Å²) < 4.78 is 0. The first-order valence-electron chi connectivity index (χ1n) is 6.92. The lowest BCUT2D eigenvalue weighted by Gasteiger charge is -2.53. The van der Waals surface area contributed by atoms with Crippen molar-refractivity contribution in [1.29, 1.82) is 0 Å². The molecule has 98 valence electrons. The number of hydrogen-bond donors (Lipinski definition) is 1. The second kappa shape index (κ2) is 4.94. The molecule has 2 saturated carbocycles. The van der Waals surface area contributed by atoms with Gasteiger partial charge in [-0.1, -0.05) is 48.5 Å². The fourth-order valence-electron chi connectivity index (χ4n) is 3.59. The van der Waals surface area contributed by atoms with E-state index in [1.54, 1.807) is 0 Å². The van der Waals surface area contributed by atoms with Crippen LogP contribution in [-0.2, 0) is 0 Å². The first-order chi connectivity index (χ1) is 8.71. The highest BCUT2D eigenvalue weighted by Gasteiger charge is 2.47. The summed E-state index contributed by atoms with van der Waals surface area (Å²) in [7, 11) is 0. The van der Waals surface area contributed by atoms with Gasteiger partial charge in [0.15, 0.2) is 0 Å². The predicted molar refractivity (Wildman–Crippen MR) is 78.6 cm³/mol. The number of nitrogens with one attached hydrogen (secondary N) is 1. The lowest BCUT2D eigenvalue weighted by atomic mass is 9.57. The van der Waals surface area contributed by atoms with Crippen molar-refractivity contribution >= 4 is 28.9 Å². The van der Waals surface area contributed by atoms with Gasteiger partial charge in [0, 0.05) is 6.04 Å². The van der Waals surface area contributed by atoms with Gasteiger partial charge in [0.1, 0.15) is 0 Å². The molecule has 2 aliphatic carbocycles. The van der Waals surface area contributed by atoms with Gasteiger partial charge in [-0.3, -0.25) is 0 Å². The van der Waals surface area contributed by atoms with E-state index in [-0.39, 0.29) is 0 Å². The Labute approximate surface area is 119 Å². The lowest BCUT2D eigenvalue weighted by molar-refractivity contribution is 0.0571. The standard InChI is InChI=1S/C15H19Cl2N/c16-11-5-4-6-12(17)14(11)18-13-7-10-15(13)8-2-1-3-9-15/h4-6,13,18H,1-3,7-10H2. The van der Waals surface area contributed by atoms with Crippen LogP contribution in [-0.4, -0.2) is 6.04 Å². The Kier molecular flexibility index (Phi) is 3.46.